The first-order valence-electron chi connectivity index (χ1n) is 6.80. The van der Waals surface area contributed by atoms with E-state index in [1.807, 2.05) is 30.5 Å². The van der Waals surface area contributed by atoms with Crippen molar-refractivity contribution in [2.24, 2.45) is 0 Å². The minimum Gasteiger partial charge on any atom is -0.306 e. The summed E-state index contributed by atoms with van der Waals surface area (Å²) in [7, 11) is 0. The Morgan fingerprint density at radius 2 is 1.86 bits per heavy atom. The van der Waals surface area contributed by atoms with Crippen molar-refractivity contribution in [1.29, 1.82) is 0 Å². The van der Waals surface area contributed by atoms with Crippen LogP contribution in [0.1, 0.15) is 5.56 Å². The van der Waals surface area contributed by atoms with E-state index in [0.717, 1.165) is 33.2 Å². The zero-order valence-electron chi connectivity index (χ0n) is 11.4. The molecule has 0 bridgehead atoms. The molecule has 0 atom stereocenters. The van der Waals surface area contributed by atoms with Gasteiger partial charge in [-0.05, 0) is 29.8 Å². The van der Waals surface area contributed by atoms with Crippen molar-refractivity contribution in [3.8, 4) is 5.69 Å². The monoisotopic (exact) mass is 271 g/mol. The summed E-state index contributed by atoms with van der Waals surface area (Å²) in [4.78, 5) is 8.65. The summed E-state index contributed by atoms with van der Waals surface area (Å²) in [6.45, 7) is 3.84. The highest BCUT2D eigenvalue weighted by Crippen LogP contribution is 2.30. The molecule has 0 saturated carbocycles. The van der Waals surface area contributed by atoms with Crippen LogP contribution in [0.2, 0.25) is 0 Å². The van der Waals surface area contributed by atoms with Crippen LogP contribution in [0.3, 0.4) is 0 Å². The van der Waals surface area contributed by atoms with Crippen molar-refractivity contribution in [2.75, 3.05) is 0 Å². The molecule has 4 aromatic rings. The first-order chi connectivity index (χ1) is 10.4. The van der Waals surface area contributed by atoms with E-state index in [9.17, 15) is 0 Å². The maximum atomic E-state index is 4.46. The summed E-state index contributed by atoms with van der Waals surface area (Å²) in [5, 5.41) is 1.12. The molecule has 0 fully saturated rings. The van der Waals surface area contributed by atoms with Crippen LogP contribution in [0.5, 0.6) is 0 Å². The molecule has 0 amide bonds. The van der Waals surface area contributed by atoms with Crippen LogP contribution < -0.4 is 0 Å². The summed E-state index contributed by atoms with van der Waals surface area (Å²) >= 11 is 0. The molecule has 0 spiro atoms. The van der Waals surface area contributed by atoms with Gasteiger partial charge in [-0.15, -0.1) is 0 Å². The van der Waals surface area contributed by atoms with Gasteiger partial charge in [0.2, 0.25) is 0 Å². The van der Waals surface area contributed by atoms with Crippen LogP contribution in [-0.2, 0) is 0 Å². The number of nitrogens with zero attached hydrogens (tertiary/aromatic N) is 3. The first kappa shape index (κ1) is 11.9. The van der Waals surface area contributed by atoms with E-state index < -0.39 is 0 Å². The summed E-state index contributed by atoms with van der Waals surface area (Å²) in [6.07, 6.45) is 5.31. The lowest BCUT2D eigenvalue weighted by atomic mass is 10.1. The molecule has 0 aliphatic heterocycles. The molecule has 0 radical (unpaired) electrons. The van der Waals surface area contributed by atoms with Crippen LogP contribution in [0.25, 0.3) is 33.7 Å². The minimum absolute atomic E-state index is 0.965. The number of rotatable bonds is 2. The van der Waals surface area contributed by atoms with E-state index in [-0.39, 0.29) is 0 Å². The normalized spacial score (nSPS) is 11.0. The smallest absolute Gasteiger partial charge is 0.116 e. The van der Waals surface area contributed by atoms with E-state index in [2.05, 4.69) is 51.4 Å². The third kappa shape index (κ3) is 1.75. The zero-order chi connectivity index (χ0) is 14.2. The van der Waals surface area contributed by atoms with Gasteiger partial charge >= 0.3 is 0 Å². The molecule has 3 nitrogen and oxygen atoms in total. The van der Waals surface area contributed by atoms with E-state index >= 15 is 0 Å². The molecule has 0 unspecified atom stereocenters. The predicted molar refractivity (Wildman–Crippen MR) is 86.5 cm³/mol. The second kappa shape index (κ2) is 4.56. The lowest BCUT2D eigenvalue weighted by Gasteiger charge is -2.06. The van der Waals surface area contributed by atoms with Crippen molar-refractivity contribution < 1.29 is 0 Å². The van der Waals surface area contributed by atoms with Crippen LogP contribution in [0.15, 0.2) is 67.6 Å². The number of hydrogen-bond acceptors (Lipinski definition) is 2. The van der Waals surface area contributed by atoms with E-state index in [4.69, 9.17) is 0 Å². The Morgan fingerprint density at radius 3 is 2.67 bits per heavy atom. The van der Waals surface area contributed by atoms with Crippen LogP contribution in [-0.4, -0.2) is 14.5 Å². The number of aromatic nitrogens is 3. The fourth-order valence-corrected chi connectivity index (χ4v) is 2.74. The minimum atomic E-state index is 0.965. The molecule has 0 aliphatic carbocycles. The van der Waals surface area contributed by atoms with Gasteiger partial charge in [0, 0.05) is 11.1 Å². The third-order valence-corrected chi connectivity index (χ3v) is 3.70. The summed E-state index contributed by atoms with van der Waals surface area (Å²) in [5.74, 6) is 0. The molecule has 4 rings (SSSR count). The first-order valence-corrected chi connectivity index (χ1v) is 6.80. The zero-order valence-corrected chi connectivity index (χ0v) is 11.4. The molecule has 3 heteroatoms. The molecule has 2 heterocycles. The maximum Gasteiger partial charge on any atom is 0.116 e. The van der Waals surface area contributed by atoms with Crippen molar-refractivity contribution in [3.63, 3.8) is 0 Å². The molecule has 2 aromatic carbocycles. The van der Waals surface area contributed by atoms with Gasteiger partial charge in [-0.2, -0.15) is 0 Å². The highest BCUT2D eigenvalue weighted by Gasteiger charge is 2.13. The molecular weight excluding hydrogens is 258 g/mol. The summed E-state index contributed by atoms with van der Waals surface area (Å²) in [5.41, 5.74) is 5.31. The third-order valence-electron chi connectivity index (χ3n) is 3.70. The topological polar surface area (TPSA) is 30.7 Å². The van der Waals surface area contributed by atoms with Gasteiger partial charge in [-0.1, -0.05) is 36.9 Å². The van der Waals surface area contributed by atoms with Gasteiger partial charge in [0.1, 0.15) is 6.33 Å². The number of fused-ring (bicyclic) bond motifs is 3. The van der Waals surface area contributed by atoms with Crippen molar-refractivity contribution in [2.45, 2.75) is 0 Å². The Kier molecular flexibility index (Phi) is 2.57. The van der Waals surface area contributed by atoms with E-state index in [1.54, 1.807) is 6.33 Å². The highest BCUT2D eigenvalue weighted by atomic mass is 15.0. The summed E-state index contributed by atoms with van der Waals surface area (Å²) in [6, 6.07) is 16.6. The fourth-order valence-electron chi connectivity index (χ4n) is 2.74. The van der Waals surface area contributed by atoms with E-state index in [0.29, 0.717) is 0 Å². The van der Waals surface area contributed by atoms with Crippen LogP contribution >= 0.6 is 0 Å². The largest absolute Gasteiger partial charge is 0.306 e. The Labute approximate surface area is 122 Å². The molecule has 21 heavy (non-hydrogen) atoms. The SMILES string of the molecule is C=Cc1ccc2c(c1)c1ncncc1n2-c1ccccc1. The molecule has 100 valence electrons. The van der Waals surface area contributed by atoms with Gasteiger partial charge in [0.25, 0.3) is 0 Å². The second-order valence-corrected chi connectivity index (χ2v) is 4.91. The molecule has 0 saturated heterocycles. The van der Waals surface area contributed by atoms with Gasteiger partial charge < -0.3 is 4.57 Å². The number of para-hydroxylation sites is 1. The van der Waals surface area contributed by atoms with Crippen molar-refractivity contribution >= 4 is 28.0 Å². The van der Waals surface area contributed by atoms with Gasteiger partial charge in [-0.3, -0.25) is 0 Å². The Balaban J connectivity index is 2.20. The average molecular weight is 271 g/mol. The van der Waals surface area contributed by atoms with Crippen molar-refractivity contribution in [3.05, 3.63) is 73.2 Å². The van der Waals surface area contributed by atoms with Gasteiger partial charge in [0.15, 0.2) is 0 Å². The predicted octanol–water partition coefficient (Wildman–Crippen LogP) is 4.22. The average Bonchev–Trinajstić information content (AvgIpc) is 2.89. The Hall–Kier alpha value is -2.94. The van der Waals surface area contributed by atoms with Gasteiger partial charge in [0.05, 0.1) is 22.7 Å². The van der Waals surface area contributed by atoms with Crippen LogP contribution in [0, 0.1) is 0 Å². The van der Waals surface area contributed by atoms with E-state index in [1.165, 1.54) is 0 Å². The Morgan fingerprint density at radius 1 is 1.00 bits per heavy atom. The highest BCUT2D eigenvalue weighted by molar-refractivity contribution is 6.07. The molecular formula is C18H13N3. The fraction of sp³-hybridized carbons (Fsp3) is 0. The molecule has 0 aliphatic rings. The van der Waals surface area contributed by atoms with Crippen LogP contribution in [0.4, 0.5) is 0 Å². The number of hydrogen-bond donors (Lipinski definition) is 0. The lowest BCUT2D eigenvalue weighted by Crippen LogP contribution is -1.93. The molecule has 2 aromatic heterocycles. The van der Waals surface area contributed by atoms with Crippen molar-refractivity contribution in [1.82, 2.24) is 14.5 Å². The second-order valence-electron chi connectivity index (χ2n) is 4.91. The summed E-state index contributed by atoms with van der Waals surface area (Å²) < 4.78 is 2.19. The lowest BCUT2D eigenvalue weighted by molar-refractivity contribution is 1.14. The quantitative estimate of drug-likeness (QED) is 0.546. The number of benzene rings is 2. The van der Waals surface area contributed by atoms with Gasteiger partial charge in [-0.25, -0.2) is 9.97 Å². The molecule has 0 N–H and O–H groups in total. The maximum absolute atomic E-state index is 4.46. The Bertz CT molecular complexity index is 952. The standard InChI is InChI=1S/C18H13N3/c1-2-13-8-9-16-15(10-13)18-17(11-19-12-20-18)21(16)14-6-4-3-5-7-14/h2-12H,1H2.